The molecule has 1 aliphatic rings. The maximum absolute atomic E-state index is 13.0. The van der Waals surface area contributed by atoms with Gasteiger partial charge >= 0.3 is 6.18 Å². The fraction of sp³-hybridized carbons (Fsp3) is 0.409. The molecule has 1 fully saturated rings. The molecule has 0 bridgehead atoms. The summed E-state index contributed by atoms with van der Waals surface area (Å²) in [5.74, 6) is 1.45. The van der Waals surface area contributed by atoms with Crippen LogP contribution in [0, 0.1) is 0 Å². The van der Waals surface area contributed by atoms with Crippen LogP contribution in [0.3, 0.4) is 0 Å². The van der Waals surface area contributed by atoms with Crippen molar-refractivity contribution >= 4 is 5.91 Å². The molecule has 0 aliphatic heterocycles. The summed E-state index contributed by atoms with van der Waals surface area (Å²) in [6, 6.07) is 8.47. The van der Waals surface area contributed by atoms with Gasteiger partial charge in [-0.25, -0.2) is 0 Å². The Morgan fingerprint density at radius 1 is 1.03 bits per heavy atom. The first-order valence-electron chi connectivity index (χ1n) is 9.50. The maximum atomic E-state index is 13.0. The summed E-state index contributed by atoms with van der Waals surface area (Å²) in [4.78, 5) is 12.8. The molecule has 0 radical (unpaired) electrons. The van der Waals surface area contributed by atoms with Crippen molar-refractivity contribution in [2.75, 3.05) is 27.9 Å². The van der Waals surface area contributed by atoms with Crippen molar-refractivity contribution in [1.82, 2.24) is 5.32 Å². The number of alkyl halides is 3. The minimum absolute atomic E-state index is 0.270. The van der Waals surface area contributed by atoms with Crippen LogP contribution in [0.25, 0.3) is 0 Å². The van der Waals surface area contributed by atoms with E-state index in [0.29, 0.717) is 48.6 Å². The summed E-state index contributed by atoms with van der Waals surface area (Å²) in [6.45, 7) is 0.290. The maximum Gasteiger partial charge on any atom is 0.416 e. The van der Waals surface area contributed by atoms with Crippen molar-refractivity contribution in [3.8, 4) is 17.2 Å². The van der Waals surface area contributed by atoms with E-state index in [2.05, 4.69) is 5.32 Å². The number of ether oxygens (including phenoxy) is 3. The summed E-state index contributed by atoms with van der Waals surface area (Å²) in [7, 11) is 4.60. The predicted molar refractivity (Wildman–Crippen MR) is 105 cm³/mol. The summed E-state index contributed by atoms with van der Waals surface area (Å²) < 4.78 is 55.1. The number of hydrogen-bond donors (Lipinski definition) is 1. The van der Waals surface area contributed by atoms with E-state index < -0.39 is 17.2 Å². The van der Waals surface area contributed by atoms with Gasteiger partial charge in [0.15, 0.2) is 0 Å². The number of rotatable bonds is 8. The van der Waals surface area contributed by atoms with Gasteiger partial charge in [-0.1, -0.05) is 18.2 Å². The molecule has 5 nitrogen and oxygen atoms in total. The SMILES string of the molecule is COc1cc(OC)c(CCNC(=O)C2(c3cccc(C(F)(F)F)c3)CC2)c(OC)c1. The molecule has 8 heteroatoms. The van der Waals surface area contributed by atoms with Gasteiger partial charge in [0.05, 0.1) is 32.3 Å². The monoisotopic (exact) mass is 423 g/mol. The fourth-order valence-electron chi connectivity index (χ4n) is 3.56. The van der Waals surface area contributed by atoms with Gasteiger partial charge in [-0.05, 0) is 30.9 Å². The Morgan fingerprint density at radius 2 is 1.67 bits per heavy atom. The normalized spacial score (nSPS) is 14.7. The number of hydrogen-bond acceptors (Lipinski definition) is 4. The number of carbonyl (C=O) groups is 1. The lowest BCUT2D eigenvalue weighted by Crippen LogP contribution is -2.36. The number of amides is 1. The van der Waals surface area contributed by atoms with E-state index in [1.54, 1.807) is 18.2 Å². The molecule has 1 amide bonds. The number of carbonyl (C=O) groups excluding carboxylic acids is 1. The van der Waals surface area contributed by atoms with E-state index in [4.69, 9.17) is 14.2 Å². The quantitative estimate of drug-likeness (QED) is 0.694. The van der Waals surface area contributed by atoms with Gasteiger partial charge in [-0.2, -0.15) is 13.2 Å². The minimum atomic E-state index is -4.44. The molecule has 0 aromatic heterocycles. The average Bonchev–Trinajstić information content (AvgIpc) is 3.55. The second-order valence-corrected chi connectivity index (χ2v) is 7.18. The van der Waals surface area contributed by atoms with E-state index in [0.717, 1.165) is 17.7 Å². The average molecular weight is 423 g/mol. The van der Waals surface area contributed by atoms with Crippen LogP contribution in [-0.2, 0) is 22.8 Å². The third kappa shape index (κ3) is 4.32. The summed E-state index contributed by atoms with van der Waals surface area (Å²) in [6.07, 6.45) is -2.96. The topological polar surface area (TPSA) is 56.8 Å². The summed E-state index contributed by atoms with van der Waals surface area (Å²) in [5.41, 5.74) is -0.471. The van der Waals surface area contributed by atoms with Crippen molar-refractivity contribution in [3.63, 3.8) is 0 Å². The second kappa shape index (κ2) is 8.45. The molecule has 2 aromatic rings. The largest absolute Gasteiger partial charge is 0.496 e. The lowest BCUT2D eigenvalue weighted by atomic mass is 9.93. The second-order valence-electron chi connectivity index (χ2n) is 7.18. The van der Waals surface area contributed by atoms with Crippen LogP contribution in [0.1, 0.15) is 29.5 Å². The number of benzene rings is 2. The van der Waals surface area contributed by atoms with Gasteiger partial charge in [0.1, 0.15) is 17.2 Å². The standard InChI is InChI=1S/C22H24F3NO4/c1-28-16-12-18(29-2)17(19(13-16)30-3)7-10-26-20(27)21(8-9-21)14-5-4-6-15(11-14)22(23,24)25/h4-6,11-13H,7-10H2,1-3H3,(H,26,27). The first-order chi connectivity index (χ1) is 14.2. The van der Waals surface area contributed by atoms with Gasteiger partial charge in [-0.15, -0.1) is 0 Å². The molecule has 1 aliphatic carbocycles. The van der Waals surface area contributed by atoms with Gasteiger partial charge in [-0.3, -0.25) is 4.79 Å². The van der Waals surface area contributed by atoms with Crippen LogP contribution >= 0.6 is 0 Å². The van der Waals surface area contributed by atoms with Gasteiger partial charge in [0.2, 0.25) is 5.91 Å². The highest BCUT2D eigenvalue weighted by Crippen LogP contribution is 2.49. The first-order valence-corrected chi connectivity index (χ1v) is 9.50. The van der Waals surface area contributed by atoms with E-state index >= 15 is 0 Å². The number of methoxy groups -OCH3 is 3. The Hall–Kier alpha value is -2.90. The van der Waals surface area contributed by atoms with Crippen molar-refractivity contribution in [2.24, 2.45) is 0 Å². The molecule has 30 heavy (non-hydrogen) atoms. The predicted octanol–water partition coefficient (Wildman–Crippen LogP) is 4.12. The number of halogens is 3. The van der Waals surface area contributed by atoms with E-state index in [-0.39, 0.29) is 5.91 Å². The van der Waals surface area contributed by atoms with Gasteiger partial charge < -0.3 is 19.5 Å². The highest BCUT2D eigenvalue weighted by atomic mass is 19.4. The Balaban J connectivity index is 1.71. The Bertz CT molecular complexity index is 898. The molecule has 1 saturated carbocycles. The van der Waals surface area contributed by atoms with Gasteiger partial charge in [0.25, 0.3) is 0 Å². The van der Waals surface area contributed by atoms with Crippen molar-refractivity contribution in [2.45, 2.75) is 30.9 Å². The third-order valence-corrected chi connectivity index (χ3v) is 5.40. The molecule has 0 unspecified atom stereocenters. The van der Waals surface area contributed by atoms with Gasteiger partial charge in [0, 0.05) is 24.2 Å². The van der Waals surface area contributed by atoms with Crippen molar-refractivity contribution in [3.05, 3.63) is 53.1 Å². The van der Waals surface area contributed by atoms with E-state index in [1.165, 1.54) is 27.4 Å². The Morgan fingerprint density at radius 3 is 2.17 bits per heavy atom. The molecule has 0 spiro atoms. The molecular weight excluding hydrogens is 399 g/mol. The van der Waals surface area contributed by atoms with Crippen LogP contribution in [-0.4, -0.2) is 33.8 Å². The molecule has 162 valence electrons. The lowest BCUT2D eigenvalue weighted by molar-refractivity contribution is -0.137. The van der Waals surface area contributed by atoms with Crippen LogP contribution in [0.15, 0.2) is 36.4 Å². The highest BCUT2D eigenvalue weighted by molar-refractivity contribution is 5.91. The summed E-state index contributed by atoms with van der Waals surface area (Å²) >= 11 is 0. The Kier molecular flexibility index (Phi) is 6.14. The molecule has 1 N–H and O–H groups in total. The van der Waals surface area contributed by atoms with Crippen molar-refractivity contribution < 1.29 is 32.2 Å². The van der Waals surface area contributed by atoms with Crippen LogP contribution in [0.2, 0.25) is 0 Å². The Labute approximate surface area is 173 Å². The highest BCUT2D eigenvalue weighted by Gasteiger charge is 2.51. The van der Waals surface area contributed by atoms with Crippen molar-refractivity contribution in [1.29, 1.82) is 0 Å². The minimum Gasteiger partial charge on any atom is -0.496 e. The molecule has 2 aromatic carbocycles. The molecule has 0 saturated heterocycles. The smallest absolute Gasteiger partial charge is 0.416 e. The third-order valence-electron chi connectivity index (χ3n) is 5.40. The first kappa shape index (κ1) is 21.8. The zero-order valence-corrected chi connectivity index (χ0v) is 17.1. The molecule has 0 heterocycles. The van der Waals surface area contributed by atoms with Crippen LogP contribution in [0.4, 0.5) is 13.2 Å². The lowest BCUT2D eigenvalue weighted by Gasteiger charge is -2.19. The molecule has 0 atom stereocenters. The van der Waals surface area contributed by atoms with E-state index in [9.17, 15) is 18.0 Å². The summed E-state index contributed by atoms with van der Waals surface area (Å²) in [5, 5.41) is 2.86. The fourth-order valence-corrected chi connectivity index (χ4v) is 3.56. The zero-order chi connectivity index (χ0) is 21.9. The van der Waals surface area contributed by atoms with Crippen LogP contribution < -0.4 is 19.5 Å². The van der Waals surface area contributed by atoms with Crippen LogP contribution in [0.5, 0.6) is 17.2 Å². The molecule has 3 rings (SSSR count). The number of nitrogens with one attached hydrogen (secondary N) is 1. The zero-order valence-electron chi connectivity index (χ0n) is 17.1. The van der Waals surface area contributed by atoms with E-state index in [1.807, 2.05) is 0 Å². The molecular formula is C22H24F3NO4.